The normalized spacial score (nSPS) is 19.2. The van der Waals surface area contributed by atoms with Crippen molar-refractivity contribution in [3.8, 4) is 0 Å². The minimum Gasteiger partial charge on any atom is -0.421 e. The van der Waals surface area contributed by atoms with Crippen molar-refractivity contribution < 1.29 is 17.6 Å². The van der Waals surface area contributed by atoms with E-state index in [4.69, 9.17) is 4.42 Å². The summed E-state index contributed by atoms with van der Waals surface area (Å²) in [6.07, 6.45) is 1.40. The number of para-hydroxylation sites is 1. The number of carbonyl (C=O) groups excluding carboxylic acids is 1. The third-order valence-electron chi connectivity index (χ3n) is 4.42. The van der Waals surface area contributed by atoms with Crippen LogP contribution >= 0.6 is 0 Å². The molecule has 2 fully saturated rings. The fourth-order valence-corrected chi connectivity index (χ4v) is 4.70. The van der Waals surface area contributed by atoms with E-state index in [9.17, 15) is 18.0 Å². The lowest BCUT2D eigenvalue weighted by atomic mass is 10.0. The number of carbonyl (C=O) groups is 1. The maximum atomic E-state index is 12.2. The van der Waals surface area contributed by atoms with E-state index in [1.54, 1.807) is 30.3 Å². The highest BCUT2D eigenvalue weighted by Gasteiger charge is 2.47. The number of sulfonamides is 1. The van der Waals surface area contributed by atoms with Gasteiger partial charge < -0.3 is 9.73 Å². The summed E-state index contributed by atoms with van der Waals surface area (Å²) in [6, 6.07) is 8.58. The van der Waals surface area contributed by atoms with Gasteiger partial charge in [-0.05, 0) is 25.0 Å². The molecule has 1 N–H and O–H groups in total. The molecule has 1 saturated carbocycles. The van der Waals surface area contributed by atoms with E-state index in [-0.39, 0.29) is 29.9 Å². The van der Waals surface area contributed by atoms with Crippen LogP contribution < -0.4 is 10.9 Å². The maximum absolute atomic E-state index is 12.2. The lowest BCUT2D eigenvalue weighted by Gasteiger charge is -2.36. The predicted molar refractivity (Wildman–Crippen MR) is 88.1 cm³/mol. The van der Waals surface area contributed by atoms with Crippen LogP contribution in [-0.2, 0) is 14.8 Å². The van der Waals surface area contributed by atoms with Gasteiger partial charge in [0.1, 0.15) is 11.3 Å². The molecule has 1 saturated heterocycles. The maximum Gasteiger partial charge on any atom is 0.360 e. The molecule has 2 aliphatic rings. The summed E-state index contributed by atoms with van der Waals surface area (Å²) in [5.74, 6) is -0.802. The van der Waals surface area contributed by atoms with E-state index in [1.165, 1.54) is 4.31 Å². The van der Waals surface area contributed by atoms with Crippen LogP contribution in [0, 0.1) is 5.92 Å². The van der Waals surface area contributed by atoms with E-state index in [2.05, 4.69) is 5.32 Å². The van der Waals surface area contributed by atoms with Crippen molar-refractivity contribution in [3.63, 3.8) is 0 Å². The summed E-state index contributed by atoms with van der Waals surface area (Å²) < 4.78 is 30.6. The van der Waals surface area contributed by atoms with E-state index >= 15 is 0 Å². The average molecular weight is 348 g/mol. The molecule has 126 valence electrons. The third-order valence-corrected chi connectivity index (χ3v) is 6.76. The Morgan fingerprint density at radius 2 is 1.92 bits per heavy atom. The lowest BCUT2D eigenvalue weighted by Crippen LogP contribution is -2.55. The topological polar surface area (TPSA) is 96.7 Å². The summed E-state index contributed by atoms with van der Waals surface area (Å²) in [7, 11) is -3.23. The van der Waals surface area contributed by atoms with E-state index in [1.807, 2.05) is 0 Å². The number of rotatable bonds is 4. The first kappa shape index (κ1) is 15.3. The van der Waals surface area contributed by atoms with Gasteiger partial charge in [-0.1, -0.05) is 18.2 Å². The van der Waals surface area contributed by atoms with E-state index in [0.717, 1.165) is 0 Å². The molecule has 0 spiro atoms. The molecule has 0 atom stereocenters. The van der Waals surface area contributed by atoms with Crippen LogP contribution in [0.25, 0.3) is 11.0 Å². The summed E-state index contributed by atoms with van der Waals surface area (Å²) in [5, 5.41) is 2.99. The summed E-state index contributed by atoms with van der Waals surface area (Å²) in [5.41, 5.74) is -0.100. The number of nitrogens with zero attached hydrogens (tertiary/aromatic N) is 1. The number of anilines is 1. The highest BCUT2D eigenvalue weighted by Crippen LogP contribution is 2.34. The number of amides is 1. The summed E-state index contributed by atoms with van der Waals surface area (Å²) >= 11 is 0. The largest absolute Gasteiger partial charge is 0.421 e. The van der Waals surface area contributed by atoms with Crippen LogP contribution in [0.1, 0.15) is 12.8 Å². The van der Waals surface area contributed by atoms with Crippen LogP contribution in [-0.4, -0.2) is 37.0 Å². The molecule has 24 heavy (non-hydrogen) atoms. The van der Waals surface area contributed by atoms with Crippen molar-refractivity contribution in [1.82, 2.24) is 4.31 Å². The Labute approximate surface area is 138 Å². The third kappa shape index (κ3) is 2.61. The van der Waals surface area contributed by atoms with Gasteiger partial charge in [0.25, 0.3) is 0 Å². The van der Waals surface area contributed by atoms with Crippen LogP contribution in [0.5, 0.6) is 0 Å². The van der Waals surface area contributed by atoms with Gasteiger partial charge in [0.05, 0.1) is 11.2 Å². The van der Waals surface area contributed by atoms with E-state index < -0.39 is 21.6 Å². The zero-order valence-electron chi connectivity index (χ0n) is 12.8. The Kier molecular flexibility index (Phi) is 3.47. The fraction of sp³-hybridized carbons (Fsp3) is 0.375. The smallest absolute Gasteiger partial charge is 0.360 e. The zero-order chi connectivity index (χ0) is 16.9. The monoisotopic (exact) mass is 348 g/mol. The number of hydrogen-bond acceptors (Lipinski definition) is 5. The quantitative estimate of drug-likeness (QED) is 0.836. The second-order valence-corrected chi connectivity index (χ2v) is 8.45. The fourth-order valence-electron chi connectivity index (χ4n) is 2.77. The first-order valence-corrected chi connectivity index (χ1v) is 9.28. The highest BCUT2D eigenvalue weighted by molar-refractivity contribution is 7.90. The van der Waals surface area contributed by atoms with Crippen molar-refractivity contribution in [2.24, 2.45) is 5.92 Å². The molecule has 0 bridgehead atoms. The molecule has 2 aromatic rings. The first-order chi connectivity index (χ1) is 11.4. The molecular weight excluding hydrogens is 332 g/mol. The van der Waals surface area contributed by atoms with Gasteiger partial charge in [-0.15, -0.1) is 0 Å². The van der Waals surface area contributed by atoms with Crippen LogP contribution in [0.4, 0.5) is 5.69 Å². The molecule has 7 nitrogen and oxygen atoms in total. The minimum absolute atomic E-state index is 0.0715. The zero-order valence-corrected chi connectivity index (χ0v) is 13.6. The van der Waals surface area contributed by atoms with Gasteiger partial charge in [0.15, 0.2) is 0 Å². The van der Waals surface area contributed by atoms with Crippen molar-refractivity contribution in [3.05, 3.63) is 40.8 Å². The van der Waals surface area contributed by atoms with Crippen molar-refractivity contribution >= 4 is 32.6 Å². The van der Waals surface area contributed by atoms with Gasteiger partial charge in [-0.3, -0.25) is 4.79 Å². The Balaban J connectivity index is 1.46. The van der Waals surface area contributed by atoms with Crippen LogP contribution in [0.15, 0.2) is 39.5 Å². The van der Waals surface area contributed by atoms with Gasteiger partial charge in [-0.25, -0.2) is 13.2 Å². The van der Waals surface area contributed by atoms with Gasteiger partial charge >= 0.3 is 5.63 Å². The molecule has 1 aromatic carbocycles. The van der Waals surface area contributed by atoms with Crippen molar-refractivity contribution in [1.29, 1.82) is 0 Å². The summed E-state index contributed by atoms with van der Waals surface area (Å²) in [6.45, 7) is 0.340. The molecule has 0 unspecified atom stereocenters. The van der Waals surface area contributed by atoms with Crippen molar-refractivity contribution in [2.75, 3.05) is 18.4 Å². The number of fused-ring (bicyclic) bond motifs is 1. The first-order valence-electron chi connectivity index (χ1n) is 7.78. The Bertz CT molecular complexity index is 971. The standard InChI is InChI=1S/C16H16N2O5S/c19-15(11-8-18(9-11)24(21,22)12-5-6-12)17-13-7-10-3-1-2-4-14(10)23-16(13)20/h1-4,7,11-12H,5-6,8-9H2,(H,17,19). The predicted octanol–water partition coefficient (Wildman–Crippen LogP) is 1.16. The molecule has 4 rings (SSSR count). The van der Waals surface area contributed by atoms with Crippen LogP contribution in [0.3, 0.4) is 0 Å². The molecule has 1 aromatic heterocycles. The molecular formula is C16H16N2O5S. The molecule has 0 radical (unpaired) electrons. The van der Waals surface area contributed by atoms with Gasteiger partial charge in [-0.2, -0.15) is 4.31 Å². The van der Waals surface area contributed by atoms with Gasteiger partial charge in [0.2, 0.25) is 15.9 Å². The minimum atomic E-state index is -3.23. The average Bonchev–Trinajstić information content (AvgIpc) is 3.31. The Hall–Kier alpha value is -2.19. The second-order valence-electron chi connectivity index (χ2n) is 6.23. The van der Waals surface area contributed by atoms with E-state index in [0.29, 0.717) is 23.8 Å². The number of benzene rings is 1. The summed E-state index contributed by atoms with van der Waals surface area (Å²) in [4.78, 5) is 24.2. The molecule has 1 aliphatic heterocycles. The molecule has 8 heteroatoms. The van der Waals surface area contributed by atoms with Crippen molar-refractivity contribution in [2.45, 2.75) is 18.1 Å². The Morgan fingerprint density at radius 3 is 2.62 bits per heavy atom. The molecule has 1 amide bonds. The molecule has 1 aliphatic carbocycles. The number of hydrogen-bond donors (Lipinski definition) is 1. The SMILES string of the molecule is O=C(Nc1cc2ccccc2oc1=O)C1CN(S(=O)(=O)C2CC2)C1. The Morgan fingerprint density at radius 1 is 1.21 bits per heavy atom. The highest BCUT2D eigenvalue weighted by atomic mass is 32.2. The molecule has 2 heterocycles. The second kappa shape index (κ2) is 5.42. The number of nitrogens with one attached hydrogen (secondary N) is 1. The lowest BCUT2D eigenvalue weighted by molar-refractivity contribution is -0.122. The van der Waals surface area contributed by atoms with Crippen LogP contribution in [0.2, 0.25) is 0 Å². The van der Waals surface area contributed by atoms with Gasteiger partial charge in [0, 0.05) is 18.5 Å².